The van der Waals surface area contributed by atoms with Gasteiger partial charge in [0.25, 0.3) is 0 Å². The molecular weight excluding hydrogens is 323 g/mol. The zero-order valence-corrected chi connectivity index (χ0v) is 11.8. The summed E-state index contributed by atoms with van der Waals surface area (Å²) >= 11 is 4.63. The summed E-state index contributed by atoms with van der Waals surface area (Å²) < 4.78 is 0.657. The first kappa shape index (κ1) is 11.0. The van der Waals surface area contributed by atoms with Gasteiger partial charge in [-0.1, -0.05) is 12.2 Å². The number of hydrogen-bond acceptors (Lipinski definition) is 1. The van der Waals surface area contributed by atoms with E-state index in [1.807, 2.05) is 12.5 Å². The fraction of sp³-hybridized carbons (Fsp3) is 0.667. The van der Waals surface area contributed by atoms with Gasteiger partial charge in [-0.25, -0.2) is 10.9 Å². The molecule has 0 saturated carbocycles. The van der Waals surface area contributed by atoms with Crippen molar-refractivity contribution in [1.82, 2.24) is 0 Å². The number of thiol groups is 1. The van der Waals surface area contributed by atoms with Crippen molar-refractivity contribution in [2.45, 2.75) is 0 Å². The van der Waals surface area contributed by atoms with E-state index < -0.39 is 0 Å². The van der Waals surface area contributed by atoms with Crippen molar-refractivity contribution in [3.8, 4) is 0 Å². The minimum absolute atomic E-state index is 0. The Kier molecular flexibility index (Phi) is 8.27. The first-order valence-electron chi connectivity index (χ1n) is 1.61. The molecule has 0 aliphatic carbocycles. The third-order valence-corrected chi connectivity index (χ3v) is 2.42. The molecule has 0 aromatic heterocycles. The molecule has 1 nitrogen and oxygen atoms in total. The molecule has 0 radical (unpaired) electrons. The van der Waals surface area contributed by atoms with Crippen LogP contribution in [0.4, 0.5) is 0 Å². The average molecular weight is 335 g/mol. The molecule has 0 aromatic carbocycles. The Morgan fingerprint density at radius 3 is 1.71 bits per heavy atom. The van der Waals surface area contributed by atoms with Gasteiger partial charge >= 0.3 is 26.2 Å². The van der Waals surface area contributed by atoms with Crippen molar-refractivity contribution >= 4 is 53.6 Å². The Bertz CT molecular complexity index is 64.0. The summed E-state index contributed by atoms with van der Waals surface area (Å²) in [4.78, 5) is 0. The number of nitrogens with two attached hydrogens (primary N) is 1. The molecule has 0 aromatic rings. The van der Waals surface area contributed by atoms with Crippen molar-refractivity contribution in [1.29, 1.82) is 0 Å². The molecule has 0 spiro atoms. The van der Waals surface area contributed by atoms with Crippen molar-refractivity contribution in [3.05, 3.63) is 0 Å². The maximum absolute atomic E-state index is 5.20. The summed E-state index contributed by atoms with van der Waals surface area (Å²) in [5.74, 6) is 0. The average Bonchev–Trinajstić information content (AvgIpc) is 1.36. The second-order valence-electron chi connectivity index (χ2n) is 1.23. The zero-order valence-electron chi connectivity index (χ0n) is 4.64. The van der Waals surface area contributed by atoms with Gasteiger partial charge < -0.3 is 5.73 Å². The van der Waals surface area contributed by atoms with Gasteiger partial charge in [-0.2, -0.15) is 0 Å². The van der Waals surface area contributed by atoms with Crippen LogP contribution in [0.3, 0.4) is 0 Å². The Labute approximate surface area is 71.5 Å². The van der Waals surface area contributed by atoms with E-state index in [0.717, 1.165) is 0 Å². The van der Waals surface area contributed by atoms with E-state index in [4.69, 9.17) is 5.73 Å². The summed E-state index contributed by atoms with van der Waals surface area (Å²) in [5, 5.41) is 0. The molecule has 0 aliphatic heterocycles. The van der Waals surface area contributed by atoms with E-state index in [1.165, 1.54) is 0 Å². The van der Waals surface area contributed by atoms with Crippen LogP contribution < -0.4 is 5.73 Å². The first-order chi connectivity index (χ1) is 2.64. The molecule has 2 N–H and O–H groups in total. The molecule has 0 rings (SSSR count). The minimum atomic E-state index is -0.150. The first-order valence-corrected chi connectivity index (χ1v) is 4.26. The topological polar surface area (TPSA) is 26.0 Å². The van der Waals surface area contributed by atoms with Gasteiger partial charge in [0, 0.05) is 0 Å². The molecular formula is C3H12BiNS2. The van der Waals surface area contributed by atoms with Crippen LogP contribution >= 0.6 is 23.1 Å². The van der Waals surface area contributed by atoms with Crippen LogP contribution in [0.2, 0.25) is 0 Å². The summed E-state index contributed by atoms with van der Waals surface area (Å²) in [6, 6.07) is 0. The third kappa shape index (κ3) is 7.12. The number of thiocarbonyl (C=S) groups is 1. The van der Waals surface area contributed by atoms with E-state index in [9.17, 15) is 0 Å². The van der Waals surface area contributed by atoms with Crippen LogP contribution in [0.1, 0.15) is 0 Å². The van der Waals surface area contributed by atoms with E-state index in [-0.39, 0.29) is 37.1 Å². The van der Waals surface area contributed by atoms with E-state index in [0.29, 0.717) is 4.32 Å². The summed E-state index contributed by atoms with van der Waals surface area (Å²) in [7, 11) is -0.150. The summed E-state index contributed by atoms with van der Waals surface area (Å²) in [5.41, 5.74) is 5.20. The molecule has 0 amide bonds. The fourth-order valence-electron chi connectivity index (χ4n) is 0. The molecule has 7 heavy (non-hydrogen) atoms. The van der Waals surface area contributed by atoms with Gasteiger partial charge in [0.05, 0.1) is 0 Å². The Balaban J connectivity index is 0. The van der Waals surface area contributed by atoms with Crippen LogP contribution in [-0.2, 0) is 0 Å². The molecule has 0 fully saturated rings. The van der Waals surface area contributed by atoms with Crippen LogP contribution in [-0.4, -0.2) is 43.0 Å². The van der Waals surface area contributed by atoms with Gasteiger partial charge in [-0.05, 0) is 12.5 Å². The van der Waals surface area contributed by atoms with Gasteiger partial charge in [-0.15, -0.1) is 0 Å². The monoisotopic (exact) mass is 335 g/mol. The van der Waals surface area contributed by atoms with Crippen LogP contribution in [0.15, 0.2) is 0 Å². The normalized spacial score (nSPS) is 9.14. The van der Waals surface area contributed by atoms with Crippen LogP contribution in [0.5, 0.6) is 0 Å². The Hall–Kier alpha value is 1.12. The SMILES string of the molecule is C[SH](C)C(N)=S.[BiH3]. The number of hydrogen-bond donors (Lipinski definition) is 2. The van der Waals surface area contributed by atoms with Crippen molar-refractivity contribution in [3.63, 3.8) is 0 Å². The van der Waals surface area contributed by atoms with E-state index in [2.05, 4.69) is 12.2 Å². The van der Waals surface area contributed by atoms with Gasteiger partial charge in [-0.3, -0.25) is 0 Å². The maximum atomic E-state index is 5.20. The molecule has 4 heteroatoms. The molecule has 0 atom stereocenters. The predicted molar refractivity (Wildman–Crippen MR) is 47.6 cm³/mol. The van der Waals surface area contributed by atoms with Crippen LogP contribution in [0, 0.1) is 0 Å². The van der Waals surface area contributed by atoms with E-state index in [1.54, 1.807) is 0 Å². The quantitative estimate of drug-likeness (QED) is 0.348. The van der Waals surface area contributed by atoms with Gasteiger partial charge in [0.1, 0.15) is 4.32 Å². The van der Waals surface area contributed by atoms with Gasteiger partial charge in [0.15, 0.2) is 0 Å². The Morgan fingerprint density at radius 1 is 1.57 bits per heavy atom. The fourth-order valence-corrected chi connectivity index (χ4v) is 0. The predicted octanol–water partition coefficient (Wildman–Crippen LogP) is -0.693. The second kappa shape index (κ2) is 5.26. The number of rotatable bonds is 0. The standard InChI is InChI=1S/C3H9NS2.Bi.3H/c1-6(2)3(4)5;;;;/h6H,1-2H3,(H2,4,5);;;;. The molecule has 0 heterocycles. The Morgan fingerprint density at radius 2 is 1.71 bits per heavy atom. The van der Waals surface area contributed by atoms with Gasteiger partial charge in [0.2, 0.25) is 0 Å². The van der Waals surface area contributed by atoms with E-state index >= 15 is 0 Å². The molecule has 0 bridgehead atoms. The molecule has 46 valence electrons. The van der Waals surface area contributed by atoms with Crippen molar-refractivity contribution in [2.24, 2.45) is 5.73 Å². The summed E-state index contributed by atoms with van der Waals surface area (Å²) in [6.45, 7) is 0. The van der Waals surface area contributed by atoms with Crippen LogP contribution in [0.25, 0.3) is 0 Å². The third-order valence-electron chi connectivity index (χ3n) is 0.441. The molecule has 0 unspecified atom stereocenters. The molecule has 0 saturated heterocycles. The van der Waals surface area contributed by atoms with Crippen molar-refractivity contribution in [2.75, 3.05) is 12.5 Å². The zero-order chi connectivity index (χ0) is 5.15. The second-order valence-corrected chi connectivity index (χ2v) is 4.25. The molecule has 0 aliphatic rings. The van der Waals surface area contributed by atoms with Crippen molar-refractivity contribution < 1.29 is 0 Å². The summed E-state index contributed by atoms with van der Waals surface area (Å²) in [6.07, 6.45) is 4.08.